The highest BCUT2D eigenvalue weighted by Gasteiger charge is 2.41. The molecule has 1 aromatic carbocycles. The molecule has 0 fully saturated rings. The molecule has 0 aliphatic rings. The molecule has 6 nitrogen and oxygen atoms in total. The lowest BCUT2D eigenvalue weighted by Crippen LogP contribution is -2.42. The number of aliphatic hydroxyl groups is 1. The zero-order valence-corrected chi connectivity index (χ0v) is 21.4. The van der Waals surface area contributed by atoms with Gasteiger partial charge in [-0.3, -0.25) is 4.79 Å². The monoisotopic (exact) mass is 457 g/mol. The number of carbonyl (C=O) groups excluding carboxylic acids is 1. The minimum atomic E-state index is -2.22. The number of nitriles is 1. The second-order valence-electron chi connectivity index (χ2n) is 10.6. The van der Waals surface area contributed by atoms with E-state index in [1.54, 1.807) is 39.0 Å². The highest BCUT2D eigenvalue weighted by Crippen LogP contribution is 2.43. The summed E-state index contributed by atoms with van der Waals surface area (Å²) in [5.74, 6) is -0.0920. The first-order valence-electron chi connectivity index (χ1n) is 10.8. The van der Waals surface area contributed by atoms with Gasteiger partial charge in [-0.1, -0.05) is 32.9 Å². The first-order chi connectivity index (χ1) is 14.7. The quantitative estimate of drug-likeness (QED) is 0.412. The van der Waals surface area contributed by atoms with E-state index in [0.29, 0.717) is 16.9 Å². The van der Waals surface area contributed by atoms with Gasteiger partial charge >= 0.3 is 5.97 Å². The lowest BCUT2D eigenvalue weighted by molar-refractivity contribution is -0.156. The Morgan fingerprint density at radius 3 is 2.22 bits per heavy atom. The molecular weight excluding hydrogens is 422 g/mol. The van der Waals surface area contributed by atoms with E-state index in [9.17, 15) is 9.90 Å². The number of aliphatic hydroxyl groups excluding tert-OH is 1. The van der Waals surface area contributed by atoms with E-state index in [0.717, 1.165) is 5.56 Å². The summed E-state index contributed by atoms with van der Waals surface area (Å²) in [5.41, 5.74) is 1.43. The molecule has 0 unspecified atom stereocenters. The molecule has 0 aliphatic heterocycles. The maximum absolute atomic E-state index is 12.1. The van der Waals surface area contributed by atoms with Crippen LogP contribution in [-0.4, -0.2) is 26.0 Å². The van der Waals surface area contributed by atoms with Crippen LogP contribution in [0.4, 0.5) is 0 Å². The van der Waals surface area contributed by atoms with Crippen molar-refractivity contribution < 1.29 is 23.5 Å². The van der Waals surface area contributed by atoms with Crippen molar-refractivity contribution in [2.75, 3.05) is 6.61 Å². The summed E-state index contributed by atoms with van der Waals surface area (Å²) in [6.07, 6.45) is -0.119. The molecule has 0 aliphatic carbocycles. The van der Waals surface area contributed by atoms with Gasteiger partial charge in [0.15, 0.2) is 8.32 Å². The Hall–Kier alpha value is -2.40. The number of rotatable bonds is 7. The van der Waals surface area contributed by atoms with E-state index >= 15 is 0 Å². The van der Waals surface area contributed by atoms with Gasteiger partial charge in [0.1, 0.15) is 18.5 Å². The van der Waals surface area contributed by atoms with Crippen LogP contribution in [0.15, 0.2) is 41.0 Å². The number of hydrogen-bond donors (Lipinski definition) is 1. The van der Waals surface area contributed by atoms with Crippen molar-refractivity contribution in [2.24, 2.45) is 5.41 Å². The van der Waals surface area contributed by atoms with Crippen LogP contribution in [0.25, 0.3) is 0 Å². The summed E-state index contributed by atoms with van der Waals surface area (Å²) in [4.78, 5) is 12.1. The standard InChI is InChI=1S/C25H35NO5Si/c1-24(2,3)23(28)30-16-20(27)22-19(13-14-29-22)21(31-32(7,8)25(4,5)6)18-11-9-17(15-26)10-12-18/h9-14,20-21,27H,16H2,1-8H3/t20-,21-/m1/s1. The second-order valence-corrected chi connectivity index (χ2v) is 15.4. The van der Waals surface area contributed by atoms with Crippen LogP contribution in [0.1, 0.15) is 76.2 Å². The van der Waals surface area contributed by atoms with Crippen LogP contribution in [0.3, 0.4) is 0 Å². The molecule has 0 amide bonds. The average Bonchev–Trinajstić information content (AvgIpc) is 3.18. The normalized spacial score (nSPS) is 14.5. The third-order valence-electron chi connectivity index (χ3n) is 5.86. The van der Waals surface area contributed by atoms with Crippen LogP contribution >= 0.6 is 0 Å². The molecule has 1 N–H and O–H groups in total. The molecule has 2 rings (SSSR count). The predicted molar refractivity (Wildman–Crippen MR) is 125 cm³/mol. The van der Waals surface area contributed by atoms with Gasteiger partial charge in [0, 0.05) is 5.56 Å². The Morgan fingerprint density at radius 1 is 1.12 bits per heavy atom. The molecule has 0 saturated heterocycles. The molecule has 2 atom stereocenters. The Balaban J connectivity index is 2.41. The van der Waals surface area contributed by atoms with Crippen molar-refractivity contribution >= 4 is 14.3 Å². The molecule has 2 aromatic rings. The number of hydrogen-bond acceptors (Lipinski definition) is 6. The van der Waals surface area contributed by atoms with Crippen LogP contribution in [-0.2, 0) is 14.0 Å². The van der Waals surface area contributed by atoms with Crippen molar-refractivity contribution in [3.63, 3.8) is 0 Å². The molecule has 32 heavy (non-hydrogen) atoms. The second kappa shape index (κ2) is 9.61. The summed E-state index contributed by atoms with van der Waals surface area (Å²) in [6, 6.07) is 11.1. The van der Waals surface area contributed by atoms with Crippen molar-refractivity contribution in [2.45, 2.75) is 71.9 Å². The summed E-state index contributed by atoms with van der Waals surface area (Å²) >= 11 is 0. The third-order valence-corrected chi connectivity index (χ3v) is 10.3. The van der Waals surface area contributed by atoms with E-state index in [4.69, 9.17) is 18.8 Å². The number of nitrogens with zero attached hydrogens (tertiary/aromatic N) is 1. The van der Waals surface area contributed by atoms with Gasteiger partial charge in [-0.15, -0.1) is 0 Å². The third kappa shape index (κ3) is 6.09. The Labute approximate surface area is 192 Å². The van der Waals surface area contributed by atoms with Crippen molar-refractivity contribution in [1.29, 1.82) is 5.26 Å². The largest absolute Gasteiger partial charge is 0.466 e. The Kier molecular flexibility index (Phi) is 7.77. The predicted octanol–water partition coefficient (Wildman–Crippen LogP) is 5.89. The first-order valence-corrected chi connectivity index (χ1v) is 13.7. The molecular formula is C25H35NO5Si. The molecule has 174 valence electrons. The van der Waals surface area contributed by atoms with Crippen LogP contribution < -0.4 is 0 Å². The number of benzene rings is 1. The summed E-state index contributed by atoms with van der Waals surface area (Å²) in [7, 11) is -2.22. The minimum absolute atomic E-state index is 0.0391. The van der Waals surface area contributed by atoms with Crippen LogP contribution in [0.5, 0.6) is 0 Å². The zero-order chi connectivity index (χ0) is 24.3. The van der Waals surface area contributed by atoms with Gasteiger partial charge < -0.3 is 18.7 Å². The molecule has 0 radical (unpaired) electrons. The summed E-state index contributed by atoms with van der Waals surface area (Å²) in [5, 5.41) is 19.9. The average molecular weight is 458 g/mol. The molecule has 0 saturated carbocycles. The van der Waals surface area contributed by atoms with Gasteiger partial charge in [-0.05, 0) is 62.7 Å². The van der Waals surface area contributed by atoms with Gasteiger partial charge in [0.2, 0.25) is 0 Å². The maximum atomic E-state index is 12.1. The molecule has 0 bridgehead atoms. The summed E-state index contributed by atoms with van der Waals surface area (Å²) in [6.45, 7) is 15.9. The lowest BCUT2D eigenvalue weighted by Gasteiger charge is -2.39. The Morgan fingerprint density at radius 2 is 1.72 bits per heavy atom. The fraction of sp³-hybridized carbons (Fsp3) is 0.520. The van der Waals surface area contributed by atoms with E-state index < -0.39 is 31.9 Å². The van der Waals surface area contributed by atoms with E-state index in [2.05, 4.69) is 39.9 Å². The SMILES string of the molecule is CC(C)(C)C(=O)OC[C@@H](O)c1occc1[C@H](O[Si](C)(C)C(C)(C)C)c1ccc(C#N)cc1. The topological polar surface area (TPSA) is 92.7 Å². The van der Waals surface area contributed by atoms with Crippen LogP contribution in [0, 0.1) is 16.7 Å². The van der Waals surface area contributed by atoms with E-state index in [1.807, 2.05) is 12.1 Å². The fourth-order valence-corrected chi connectivity index (χ4v) is 3.99. The summed E-state index contributed by atoms with van der Waals surface area (Å²) < 4.78 is 17.7. The number of esters is 1. The molecule has 1 heterocycles. The number of carbonyl (C=O) groups is 1. The van der Waals surface area contributed by atoms with Gasteiger partial charge in [-0.2, -0.15) is 5.26 Å². The number of ether oxygens (including phenoxy) is 1. The first kappa shape index (κ1) is 25.9. The molecule has 7 heteroatoms. The van der Waals surface area contributed by atoms with E-state index in [-0.39, 0.29) is 11.6 Å². The zero-order valence-electron chi connectivity index (χ0n) is 20.4. The number of furan rings is 1. The van der Waals surface area contributed by atoms with Gasteiger partial charge in [0.05, 0.1) is 29.4 Å². The maximum Gasteiger partial charge on any atom is 0.311 e. The van der Waals surface area contributed by atoms with Crippen molar-refractivity contribution in [3.8, 4) is 6.07 Å². The minimum Gasteiger partial charge on any atom is -0.466 e. The molecule has 1 aromatic heterocycles. The highest BCUT2D eigenvalue weighted by atomic mass is 28.4. The fourth-order valence-electron chi connectivity index (χ4n) is 2.78. The van der Waals surface area contributed by atoms with E-state index in [1.165, 1.54) is 6.26 Å². The Bertz CT molecular complexity index is 958. The molecule has 0 spiro atoms. The lowest BCUT2D eigenvalue weighted by atomic mass is 9.97. The van der Waals surface area contributed by atoms with Crippen molar-refractivity contribution in [1.82, 2.24) is 0 Å². The highest BCUT2D eigenvalue weighted by molar-refractivity contribution is 6.74. The van der Waals surface area contributed by atoms with Gasteiger partial charge in [-0.25, -0.2) is 0 Å². The van der Waals surface area contributed by atoms with Crippen molar-refractivity contribution in [3.05, 3.63) is 59.0 Å². The smallest absolute Gasteiger partial charge is 0.311 e. The van der Waals surface area contributed by atoms with Gasteiger partial charge in [0.25, 0.3) is 0 Å². The van der Waals surface area contributed by atoms with Crippen LogP contribution in [0.2, 0.25) is 18.1 Å².